The maximum absolute atomic E-state index is 12.4. The molecule has 28 heavy (non-hydrogen) atoms. The van der Waals surface area contributed by atoms with E-state index < -0.39 is 5.97 Å². The van der Waals surface area contributed by atoms with Crippen LogP contribution in [0.2, 0.25) is 0 Å². The standard InChI is InChI=1S/C21H17NO5S/c1-27-15-8-7-12(9-14(15)23)13-10-16(24)22-18-17(11-5-3-2-4-6-11)20(21(25)26)28-19(13)18/h2-9,13,23H,10H2,1H3,(H,22,24)(H,25,26). The number of carboxylic acid groups (broad SMARTS) is 1. The van der Waals surface area contributed by atoms with Crippen LogP contribution in [0.5, 0.6) is 11.5 Å². The second-order valence-corrected chi connectivity index (χ2v) is 7.50. The Labute approximate surface area is 165 Å². The van der Waals surface area contributed by atoms with Crippen molar-refractivity contribution in [2.45, 2.75) is 12.3 Å². The summed E-state index contributed by atoms with van der Waals surface area (Å²) >= 11 is 1.16. The molecule has 3 aromatic rings. The van der Waals surface area contributed by atoms with E-state index in [1.165, 1.54) is 7.11 Å². The molecule has 1 atom stereocenters. The number of fused-ring (bicyclic) bond motifs is 1. The first-order chi connectivity index (χ1) is 13.5. The van der Waals surface area contributed by atoms with Crippen molar-refractivity contribution in [2.75, 3.05) is 12.4 Å². The van der Waals surface area contributed by atoms with E-state index in [9.17, 15) is 19.8 Å². The number of methoxy groups -OCH3 is 1. The van der Waals surface area contributed by atoms with Gasteiger partial charge in [0.1, 0.15) is 4.88 Å². The van der Waals surface area contributed by atoms with Crippen LogP contribution in [0.4, 0.5) is 5.69 Å². The van der Waals surface area contributed by atoms with Gasteiger partial charge in [0.15, 0.2) is 11.5 Å². The minimum atomic E-state index is -1.04. The number of phenolic OH excluding ortho intramolecular Hbond substituents is 1. The fraction of sp³-hybridized carbons (Fsp3) is 0.143. The Bertz CT molecular complexity index is 1070. The molecule has 7 heteroatoms. The Morgan fingerprint density at radius 3 is 2.61 bits per heavy atom. The van der Waals surface area contributed by atoms with Crippen LogP contribution in [0.15, 0.2) is 48.5 Å². The zero-order valence-corrected chi connectivity index (χ0v) is 15.7. The number of anilines is 1. The number of thiophene rings is 1. The van der Waals surface area contributed by atoms with Crippen LogP contribution in [0.3, 0.4) is 0 Å². The van der Waals surface area contributed by atoms with Gasteiger partial charge in [0, 0.05) is 22.8 Å². The lowest BCUT2D eigenvalue weighted by molar-refractivity contribution is -0.116. The molecule has 0 saturated carbocycles. The monoisotopic (exact) mass is 395 g/mol. The Kier molecular flexibility index (Phi) is 4.52. The van der Waals surface area contributed by atoms with Gasteiger partial charge in [-0.05, 0) is 23.3 Å². The second kappa shape index (κ2) is 7.01. The third-order valence-electron chi connectivity index (χ3n) is 4.77. The molecule has 1 aliphatic rings. The number of hydrogen-bond acceptors (Lipinski definition) is 5. The van der Waals surface area contributed by atoms with Crippen LogP contribution >= 0.6 is 11.3 Å². The highest BCUT2D eigenvalue weighted by Crippen LogP contribution is 2.50. The summed E-state index contributed by atoms with van der Waals surface area (Å²) in [6.45, 7) is 0. The number of ether oxygens (including phenoxy) is 1. The zero-order chi connectivity index (χ0) is 19.8. The van der Waals surface area contributed by atoms with Crippen molar-refractivity contribution in [3.8, 4) is 22.6 Å². The van der Waals surface area contributed by atoms with Gasteiger partial charge < -0.3 is 20.3 Å². The summed E-state index contributed by atoms with van der Waals surface area (Å²) in [5.74, 6) is -1.26. The molecular formula is C21H17NO5S. The van der Waals surface area contributed by atoms with E-state index in [0.29, 0.717) is 17.0 Å². The molecule has 2 aromatic carbocycles. The number of aromatic hydroxyl groups is 1. The van der Waals surface area contributed by atoms with Gasteiger partial charge in [-0.1, -0.05) is 36.4 Å². The highest BCUT2D eigenvalue weighted by atomic mass is 32.1. The largest absolute Gasteiger partial charge is 0.504 e. The first kappa shape index (κ1) is 18.1. The minimum Gasteiger partial charge on any atom is -0.504 e. The molecule has 1 aromatic heterocycles. The van der Waals surface area contributed by atoms with Gasteiger partial charge in [-0.2, -0.15) is 0 Å². The highest BCUT2D eigenvalue weighted by molar-refractivity contribution is 7.15. The van der Waals surface area contributed by atoms with Crippen LogP contribution < -0.4 is 10.1 Å². The summed E-state index contributed by atoms with van der Waals surface area (Å²) in [7, 11) is 1.46. The smallest absolute Gasteiger partial charge is 0.346 e. The fourth-order valence-electron chi connectivity index (χ4n) is 3.51. The van der Waals surface area contributed by atoms with E-state index in [1.54, 1.807) is 18.2 Å². The Morgan fingerprint density at radius 1 is 1.21 bits per heavy atom. The van der Waals surface area contributed by atoms with Crippen LogP contribution in [0, 0.1) is 0 Å². The summed E-state index contributed by atoms with van der Waals surface area (Å²) in [6, 6.07) is 14.1. The van der Waals surface area contributed by atoms with Gasteiger partial charge in [0.05, 0.1) is 12.8 Å². The summed E-state index contributed by atoms with van der Waals surface area (Å²) < 4.78 is 5.09. The quantitative estimate of drug-likeness (QED) is 0.612. The number of aromatic carboxylic acids is 1. The second-order valence-electron chi connectivity index (χ2n) is 6.45. The Hall–Kier alpha value is -3.32. The first-order valence-electron chi connectivity index (χ1n) is 8.61. The molecule has 0 aliphatic carbocycles. The molecule has 3 N–H and O–H groups in total. The molecule has 0 spiro atoms. The Balaban J connectivity index is 1.91. The lowest BCUT2D eigenvalue weighted by Gasteiger charge is -2.24. The lowest BCUT2D eigenvalue weighted by atomic mass is 9.88. The number of carbonyl (C=O) groups excluding carboxylic acids is 1. The molecule has 0 bridgehead atoms. The fourth-order valence-corrected chi connectivity index (χ4v) is 4.76. The van der Waals surface area contributed by atoms with E-state index in [0.717, 1.165) is 27.3 Å². The third kappa shape index (κ3) is 2.99. The average molecular weight is 395 g/mol. The number of rotatable bonds is 4. The number of carboxylic acids is 1. The van der Waals surface area contributed by atoms with Gasteiger partial charge in [-0.15, -0.1) is 11.3 Å². The summed E-state index contributed by atoms with van der Waals surface area (Å²) in [6.07, 6.45) is 0.173. The van der Waals surface area contributed by atoms with E-state index in [-0.39, 0.29) is 28.9 Å². The molecule has 1 amide bonds. The van der Waals surface area contributed by atoms with E-state index >= 15 is 0 Å². The van der Waals surface area contributed by atoms with Crippen molar-refractivity contribution in [3.05, 3.63) is 63.8 Å². The minimum absolute atomic E-state index is 0.0224. The van der Waals surface area contributed by atoms with Crippen molar-refractivity contribution in [1.29, 1.82) is 0 Å². The van der Waals surface area contributed by atoms with E-state index in [2.05, 4.69) is 5.32 Å². The highest BCUT2D eigenvalue weighted by Gasteiger charge is 2.34. The summed E-state index contributed by atoms with van der Waals surface area (Å²) in [5, 5.41) is 22.8. The van der Waals surface area contributed by atoms with Gasteiger partial charge in [-0.25, -0.2) is 4.79 Å². The molecule has 1 aliphatic heterocycles. The molecule has 142 valence electrons. The van der Waals surface area contributed by atoms with Crippen molar-refractivity contribution in [3.63, 3.8) is 0 Å². The number of nitrogens with one attached hydrogen (secondary N) is 1. The SMILES string of the molecule is COc1ccc(C2CC(=O)Nc3c2sc(C(=O)O)c3-c2ccccc2)cc1O. The van der Waals surface area contributed by atoms with Crippen molar-refractivity contribution in [1.82, 2.24) is 0 Å². The molecule has 2 heterocycles. The molecule has 0 saturated heterocycles. The lowest BCUT2D eigenvalue weighted by Crippen LogP contribution is -2.22. The topological polar surface area (TPSA) is 95.9 Å². The van der Waals surface area contributed by atoms with E-state index in [4.69, 9.17) is 4.74 Å². The van der Waals surface area contributed by atoms with Gasteiger partial charge >= 0.3 is 5.97 Å². The van der Waals surface area contributed by atoms with Crippen LogP contribution in [0.25, 0.3) is 11.1 Å². The zero-order valence-electron chi connectivity index (χ0n) is 14.9. The first-order valence-corrected chi connectivity index (χ1v) is 9.43. The molecule has 0 radical (unpaired) electrons. The number of benzene rings is 2. The van der Waals surface area contributed by atoms with Crippen molar-refractivity contribution >= 4 is 28.9 Å². The summed E-state index contributed by atoms with van der Waals surface area (Å²) in [4.78, 5) is 25.3. The van der Waals surface area contributed by atoms with Crippen LogP contribution in [-0.4, -0.2) is 29.2 Å². The van der Waals surface area contributed by atoms with Gasteiger partial charge in [-0.3, -0.25) is 4.79 Å². The molecular weight excluding hydrogens is 378 g/mol. The van der Waals surface area contributed by atoms with E-state index in [1.807, 2.05) is 30.3 Å². The number of hydrogen-bond donors (Lipinski definition) is 3. The maximum atomic E-state index is 12.4. The number of amides is 1. The molecule has 4 rings (SSSR count). The number of phenols is 1. The van der Waals surface area contributed by atoms with Crippen molar-refractivity contribution < 1.29 is 24.5 Å². The third-order valence-corrected chi connectivity index (χ3v) is 6.06. The molecule has 6 nitrogen and oxygen atoms in total. The van der Waals surface area contributed by atoms with Gasteiger partial charge in [0.25, 0.3) is 0 Å². The van der Waals surface area contributed by atoms with Crippen LogP contribution in [0.1, 0.15) is 32.5 Å². The van der Waals surface area contributed by atoms with Crippen molar-refractivity contribution in [2.24, 2.45) is 0 Å². The number of carbonyl (C=O) groups is 2. The molecule has 0 fully saturated rings. The molecule has 1 unspecified atom stereocenters. The average Bonchev–Trinajstić information content (AvgIpc) is 3.07. The predicted molar refractivity (Wildman–Crippen MR) is 106 cm³/mol. The summed E-state index contributed by atoms with van der Waals surface area (Å²) in [5.41, 5.74) is 2.51. The van der Waals surface area contributed by atoms with Crippen LogP contribution in [-0.2, 0) is 4.79 Å². The predicted octanol–water partition coefficient (Wildman–Crippen LogP) is 4.30. The maximum Gasteiger partial charge on any atom is 0.346 e. The van der Waals surface area contributed by atoms with Gasteiger partial charge in [0.2, 0.25) is 5.91 Å². The Morgan fingerprint density at radius 2 is 1.96 bits per heavy atom. The normalized spacial score (nSPS) is 15.6.